The summed E-state index contributed by atoms with van der Waals surface area (Å²) in [6, 6.07) is 0.322. The molecular formula is C21H33NO4. The largest absolute Gasteiger partial charge is 0.459 e. The molecule has 1 amide bonds. The Kier molecular flexibility index (Phi) is 5.55. The summed E-state index contributed by atoms with van der Waals surface area (Å²) in [6.07, 6.45) is 10.8. The van der Waals surface area contributed by atoms with Gasteiger partial charge in [-0.3, -0.25) is 4.79 Å². The first kappa shape index (κ1) is 18.3. The molecule has 3 fully saturated rings. The zero-order valence-corrected chi connectivity index (χ0v) is 15.9. The molecule has 2 N–H and O–H groups in total. The molecule has 0 saturated heterocycles. The highest BCUT2D eigenvalue weighted by Crippen LogP contribution is 2.47. The van der Waals surface area contributed by atoms with E-state index in [-0.39, 0.29) is 24.7 Å². The van der Waals surface area contributed by atoms with Crippen LogP contribution < -0.4 is 5.32 Å². The van der Waals surface area contributed by atoms with E-state index in [1.807, 2.05) is 6.92 Å². The Balaban J connectivity index is 1.46. The first-order valence-electron chi connectivity index (χ1n) is 10.6. The van der Waals surface area contributed by atoms with E-state index in [4.69, 9.17) is 9.47 Å². The van der Waals surface area contributed by atoms with E-state index in [9.17, 15) is 9.90 Å². The smallest absolute Gasteiger partial charge is 0.286 e. The summed E-state index contributed by atoms with van der Waals surface area (Å²) >= 11 is 0. The lowest BCUT2D eigenvalue weighted by molar-refractivity contribution is -0.174. The average Bonchev–Trinajstić information content (AvgIpc) is 3.28. The standard InChI is InChI=1S/C21H33NO4/c1-2-25-21-16(4-3-9-23)17(14-7-8-14)12-19(26-21)20(24)22-18-11-13-5-6-15(18)10-13/h12-18,21,23H,2-11H2,1H3,(H,22,24)/t13?,15?,16-,17-,18?,21-/m0/s1. The fraction of sp³-hybridized carbons (Fsp3) is 0.857. The summed E-state index contributed by atoms with van der Waals surface area (Å²) in [5.74, 6) is 3.07. The van der Waals surface area contributed by atoms with Crippen LogP contribution in [0.1, 0.15) is 58.3 Å². The number of allylic oxidation sites excluding steroid dienone is 1. The molecule has 0 aromatic heterocycles. The van der Waals surface area contributed by atoms with Gasteiger partial charge in [0.05, 0.1) is 0 Å². The molecule has 1 aliphatic heterocycles. The number of amides is 1. The molecule has 3 saturated carbocycles. The first-order valence-corrected chi connectivity index (χ1v) is 10.6. The van der Waals surface area contributed by atoms with E-state index in [0.717, 1.165) is 25.2 Å². The van der Waals surface area contributed by atoms with Crippen molar-refractivity contribution >= 4 is 5.91 Å². The lowest BCUT2D eigenvalue weighted by Gasteiger charge is -2.37. The number of hydrogen-bond acceptors (Lipinski definition) is 4. The Bertz CT molecular complexity index is 544. The van der Waals surface area contributed by atoms with Crippen molar-refractivity contribution in [2.24, 2.45) is 29.6 Å². The molecule has 4 rings (SSSR count). The third-order valence-electron chi connectivity index (χ3n) is 6.90. The molecule has 2 bridgehead atoms. The minimum absolute atomic E-state index is 0.0569. The van der Waals surface area contributed by atoms with E-state index in [2.05, 4.69) is 11.4 Å². The normalized spacial score (nSPS) is 38.8. The van der Waals surface area contributed by atoms with Gasteiger partial charge in [-0.25, -0.2) is 0 Å². The summed E-state index contributed by atoms with van der Waals surface area (Å²) in [7, 11) is 0. The number of aliphatic hydroxyl groups excluding tert-OH is 1. The zero-order valence-electron chi connectivity index (χ0n) is 15.9. The molecule has 0 spiro atoms. The van der Waals surface area contributed by atoms with Gasteiger partial charge in [0.2, 0.25) is 6.29 Å². The van der Waals surface area contributed by atoms with Gasteiger partial charge in [0.25, 0.3) is 5.91 Å². The Morgan fingerprint density at radius 3 is 2.69 bits per heavy atom. The van der Waals surface area contributed by atoms with E-state index >= 15 is 0 Å². The summed E-state index contributed by atoms with van der Waals surface area (Å²) in [6.45, 7) is 2.72. The second-order valence-electron chi connectivity index (χ2n) is 8.67. The van der Waals surface area contributed by atoms with Gasteiger partial charge in [-0.05, 0) is 81.6 Å². The number of carbonyl (C=O) groups excluding carboxylic acids is 1. The van der Waals surface area contributed by atoms with Crippen LogP contribution in [0.3, 0.4) is 0 Å². The third kappa shape index (κ3) is 3.79. The summed E-state index contributed by atoms with van der Waals surface area (Å²) < 4.78 is 11.9. The zero-order chi connectivity index (χ0) is 18.1. The van der Waals surface area contributed by atoms with Crippen molar-refractivity contribution < 1.29 is 19.4 Å². The highest BCUT2D eigenvalue weighted by atomic mass is 16.7. The second kappa shape index (κ2) is 7.89. The monoisotopic (exact) mass is 363 g/mol. The topological polar surface area (TPSA) is 67.8 Å². The second-order valence-corrected chi connectivity index (χ2v) is 8.67. The maximum Gasteiger partial charge on any atom is 0.286 e. The van der Waals surface area contributed by atoms with Crippen molar-refractivity contribution in [3.63, 3.8) is 0 Å². The SMILES string of the molecule is CCO[C@H]1OC(C(=O)NC2CC3CCC2C3)=C[C@@H](C2CC2)[C@@H]1CCCO. The summed E-state index contributed by atoms with van der Waals surface area (Å²) in [5.41, 5.74) is 0. The van der Waals surface area contributed by atoms with Gasteiger partial charge in [-0.15, -0.1) is 0 Å². The van der Waals surface area contributed by atoms with Gasteiger partial charge in [-0.2, -0.15) is 0 Å². The molecular weight excluding hydrogens is 330 g/mol. The molecule has 0 aromatic rings. The number of rotatable bonds is 8. The molecule has 1 heterocycles. The van der Waals surface area contributed by atoms with Crippen molar-refractivity contribution in [1.82, 2.24) is 5.32 Å². The summed E-state index contributed by atoms with van der Waals surface area (Å²) in [4.78, 5) is 12.9. The number of fused-ring (bicyclic) bond motifs is 2. The van der Waals surface area contributed by atoms with Crippen LogP contribution in [0.25, 0.3) is 0 Å². The fourth-order valence-electron chi connectivity index (χ4n) is 5.47. The lowest BCUT2D eigenvalue weighted by atomic mass is 9.82. The number of carbonyl (C=O) groups is 1. The number of nitrogens with one attached hydrogen (secondary N) is 1. The predicted octanol–water partition coefficient (Wildman–Crippen LogP) is 2.98. The molecule has 3 aliphatic carbocycles. The van der Waals surface area contributed by atoms with Gasteiger partial charge >= 0.3 is 0 Å². The first-order chi connectivity index (χ1) is 12.7. The molecule has 3 unspecified atom stereocenters. The van der Waals surface area contributed by atoms with Crippen molar-refractivity contribution in [3.05, 3.63) is 11.8 Å². The molecule has 0 radical (unpaired) electrons. The molecule has 5 heteroatoms. The van der Waals surface area contributed by atoms with E-state index in [1.165, 1.54) is 32.1 Å². The van der Waals surface area contributed by atoms with Crippen LogP contribution in [-0.2, 0) is 14.3 Å². The number of aliphatic hydroxyl groups is 1. The minimum Gasteiger partial charge on any atom is -0.459 e. The Morgan fingerprint density at radius 2 is 2.08 bits per heavy atom. The van der Waals surface area contributed by atoms with E-state index in [0.29, 0.717) is 36.2 Å². The maximum absolute atomic E-state index is 12.9. The third-order valence-corrected chi connectivity index (χ3v) is 6.90. The van der Waals surface area contributed by atoms with Crippen LogP contribution in [0.4, 0.5) is 0 Å². The molecule has 5 nitrogen and oxygen atoms in total. The average molecular weight is 363 g/mol. The van der Waals surface area contributed by atoms with Crippen LogP contribution in [-0.4, -0.2) is 36.6 Å². The Morgan fingerprint density at radius 1 is 1.27 bits per heavy atom. The van der Waals surface area contributed by atoms with Crippen LogP contribution in [0.15, 0.2) is 11.8 Å². The van der Waals surface area contributed by atoms with Crippen molar-refractivity contribution in [3.8, 4) is 0 Å². The lowest BCUT2D eigenvalue weighted by Crippen LogP contribution is -2.44. The van der Waals surface area contributed by atoms with E-state index < -0.39 is 0 Å². The Labute approximate surface area is 156 Å². The van der Waals surface area contributed by atoms with Crippen LogP contribution >= 0.6 is 0 Å². The van der Waals surface area contributed by atoms with Gasteiger partial charge in [0.15, 0.2) is 5.76 Å². The Hall–Kier alpha value is -1.07. The van der Waals surface area contributed by atoms with Gasteiger partial charge in [-0.1, -0.05) is 6.42 Å². The van der Waals surface area contributed by atoms with Crippen LogP contribution in [0.5, 0.6) is 0 Å². The molecule has 26 heavy (non-hydrogen) atoms. The number of hydrogen-bond donors (Lipinski definition) is 2. The van der Waals surface area contributed by atoms with Crippen molar-refractivity contribution in [2.75, 3.05) is 13.2 Å². The van der Waals surface area contributed by atoms with Crippen LogP contribution in [0, 0.1) is 29.6 Å². The van der Waals surface area contributed by atoms with Gasteiger partial charge < -0.3 is 19.9 Å². The molecule has 146 valence electrons. The highest BCUT2D eigenvalue weighted by molar-refractivity contribution is 5.91. The molecule has 4 aliphatic rings. The van der Waals surface area contributed by atoms with Gasteiger partial charge in [0.1, 0.15) is 0 Å². The molecule has 6 atom stereocenters. The van der Waals surface area contributed by atoms with Crippen molar-refractivity contribution in [1.29, 1.82) is 0 Å². The summed E-state index contributed by atoms with van der Waals surface area (Å²) in [5, 5.41) is 12.5. The molecule has 0 aromatic carbocycles. The van der Waals surface area contributed by atoms with Crippen LogP contribution in [0.2, 0.25) is 0 Å². The van der Waals surface area contributed by atoms with Gasteiger partial charge in [0, 0.05) is 25.2 Å². The van der Waals surface area contributed by atoms with Crippen molar-refractivity contribution in [2.45, 2.75) is 70.6 Å². The predicted molar refractivity (Wildman–Crippen MR) is 98.0 cm³/mol. The number of ether oxygens (including phenoxy) is 2. The quantitative estimate of drug-likeness (QED) is 0.696. The highest BCUT2D eigenvalue weighted by Gasteiger charge is 2.45. The minimum atomic E-state index is -0.372. The fourth-order valence-corrected chi connectivity index (χ4v) is 5.47. The maximum atomic E-state index is 12.9. The van der Waals surface area contributed by atoms with E-state index in [1.54, 1.807) is 0 Å².